The summed E-state index contributed by atoms with van der Waals surface area (Å²) < 4.78 is 0. The number of halogens is 1. The van der Waals surface area contributed by atoms with E-state index < -0.39 is 0 Å². The van der Waals surface area contributed by atoms with Crippen molar-refractivity contribution in [1.82, 2.24) is 0 Å². The molecule has 4 nitrogen and oxygen atoms in total. The van der Waals surface area contributed by atoms with Crippen LogP contribution in [0.15, 0.2) is 12.1 Å². The van der Waals surface area contributed by atoms with E-state index in [0.29, 0.717) is 17.8 Å². The number of hydrogen-bond donors (Lipinski definition) is 1. The van der Waals surface area contributed by atoms with Gasteiger partial charge in [0.25, 0.3) is 0 Å². The number of alkyl halides is 1. The van der Waals surface area contributed by atoms with Crippen molar-refractivity contribution in [3.63, 3.8) is 0 Å². The summed E-state index contributed by atoms with van der Waals surface area (Å²) in [6, 6.07) is 3.47. The summed E-state index contributed by atoms with van der Waals surface area (Å²) in [5, 5.41) is 0. The van der Waals surface area contributed by atoms with Gasteiger partial charge in [0.15, 0.2) is 5.78 Å². The van der Waals surface area contributed by atoms with Gasteiger partial charge in [-0.2, -0.15) is 0 Å². The van der Waals surface area contributed by atoms with Gasteiger partial charge in [-0.05, 0) is 30.5 Å². The molecular formula is C13H15ClN2O2. The van der Waals surface area contributed by atoms with Crippen LogP contribution in [0.3, 0.4) is 0 Å². The highest BCUT2D eigenvalue weighted by molar-refractivity contribution is 6.31. The van der Waals surface area contributed by atoms with E-state index in [1.165, 1.54) is 6.92 Å². The Balaban J connectivity index is 2.50. The number of nitrogen functional groups attached to an aromatic ring is 1. The van der Waals surface area contributed by atoms with Gasteiger partial charge in [0.05, 0.1) is 5.88 Å². The Hall–Kier alpha value is -1.55. The Bertz CT molecular complexity index is 514. The van der Waals surface area contributed by atoms with Crippen molar-refractivity contribution in [1.29, 1.82) is 0 Å². The highest BCUT2D eigenvalue weighted by atomic mass is 35.5. The maximum atomic E-state index is 11.6. The molecule has 0 saturated heterocycles. The minimum Gasteiger partial charge on any atom is -0.398 e. The number of carbonyl (C=O) groups excluding carboxylic acids is 2. The number of fused-ring (bicyclic) bond motifs is 1. The lowest BCUT2D eigenvalue weighted by molar-refractivity contribution is -0.116. The quantitative estimate of drug-likeness (QED) is 0.506. The zero-order valence-corrected chi connectivity index (χ0v) is 11.0. The molecule has 0 fully saturated rings. The molecule has 2 N–H and O–H groups in total. The fourth-order valence-corrected chi connectivity index (χ4v) is 2.43. The molecule has 0 spiro atoms. The molecule has 2 rings (SSSR count). The summed E-state index contributed by atoms with van der Waals surface area (Å²) in [5.74, 6) is -0.275. The van der Waals surface area contributed by atoms with Crippen molar-refractivity contribution in [2.24, 2.45) is 0 Å². The van der Waals surface area contributed by atoms with E-state index in [0.717, 1.165) is 24.1 Å². The molecule has 0 unspecified atom stereocenters. The average molecular weight is 267 g/mol. The lowest BCUT2D eigenvalue weighted by Gasteiger charge is -2.29. The third kappa shape index (κ3) is 2.20. The fraction of sp³-hybridized carbons (Fsp3) is 0.385. The second-order valence-electron chi connectivity index (χ2n) is 4.40. The third-order valence-corrected chi connectivity index (χ3v) is 3.41. The molecule has 18 heavy (non-hydrogen) atoms. The van der Waals surface area contributed by atoms with E-state index in [2.05, 4.69) is 0 Å². The number of hydrogen-bond acceptors (Lipinski definition) is 3. The van der Waals surface area contributed by atoms with Crippen LogP contribution >= 0.6 is 11.6 Å². The number of rotatable bonds is 2. The number of nitrogens with two attached hydrogens (primary N) is 1. The van der Waals surface area contributed by atoms with E-state index in [4.69, 9.17) is 17.3 Å². The van der Waals surface area contributed by atoms with Gasteiger partial charge in [-0.15, -0.1) is 11.6 Å². The summed E-state index contributed by atoms with van der Waals surface area (Å²) in [5.41, 5.74) is 8.50. The molecule has 1 aliphatic heterocycles. The maximum Gasteiger partial charge on any atom is 0.223 e. The number of amides is 1. The van der Waals surface area contributed by atoms with Gasteiger partial charge in [0.2, 0.25) is 5.91 Å². The number of Topliss-reactive ketones (excluding diaryl/α,β-unsaturated/α-hetero) is 1. The van der Waals surface area contributed by atoms with Crippen LogP contribution in [0.1, 0.15) is 29.3 Å². The molecule has 1 aromatic carbocycles. The first kappa shape index (κ1) is 12.9. The molecule has 0 atom stereocenters. The Morgan fingerprint density at radius 2 is 2.17 bits per heavy atom. The van der Waals surface area contributed by atoms with Crippen molar-refractivity contribution in [3.05, 3.63) is 23.3 Å². The number of anilines is 2. The van der Waals surface area contributed by atoms with Gasteiger partial charge in [-0.25, -0.2) is 0 Å². The van der Waals surface area contributed by atoms with Crippen molar-refractivity contribution in [2.45, 2.75) is 19.8 Å². The first-order valence-corrected chi connectivity index (χ1v) is 6.37. The number of nitrogens with zero attached hydrogens (tertiary/aromatic N) is 1. The summed E-state index contributed by atoms with van der Waals surface area (Å²) in [6.07, 6.45) is 1.74. The second-order valence-corrected chi connectivity index (χ2v) is 4.67. The summed E-state index contributed by atoms with van der Waals surface area (Å²) in [4.78, 5) is 24.9. The van der Waals surface area contributed by atoms with Crippen LogP contribution in [0.25, 0.3) is 0 Å². The topological polar surface area (TPSA) is 63.4 Å². The molecule has 0 aromatic heterocycles. The lowest BCUT2D eigenvalue weighted by Crippen LogP contribution is -2.33. The van der Waals surface area contributed by atoms with Crippen molar-refractivity contribution in [3.8, 4) is 0 Å². The third-order valence-electron chi connectivity index (χ3n) is 3.17. The van der Waals surface area contributed by atoms with Crippen LogP contribution < -0.4 is 10.6 Å². The molecular weight excluding hydrogens is 252 g/mol. The normalized spacial score (nSPS) is 14.2. The lowest BCUT2D eigenvalue weighted by atomic mass is 9.96. The highest BCUT2D eigenvalue weighted by Gasteiger charge is 2.22. The van der Waals surface area contributed by atoms with Crippen molar-refractivity contribution >= 4 is 34.7 Å². The number of benzene rings is 1. The molecule has 1 heterocycles. The molecule has 1 aromatic rings. The second kappa shape index (κ2) is 4.98. The van der Waals surface area contributed by atoms with Crippen LogP contribution in [0.5, 0.6) is 0 Å². The number of aryl methyl sites for hydroxylation is 1. The highest BCUT2D eigenvalue weighted by Crippen LogP contribution is 2.31. The Morgan fingerprint density at radius 3 is 2.78 bits per heavy atom. The van der Waals surface area contributed by atoms with Gasteiger partial charge in [0.1, 0.15) is 0 Å². The minimum absolute atomic E-state index is 0.00762. The minimum atomic E-state index is -0.183. The van der Waals surface area contributed by atoms with Gasteiger partial charge in [-0.3, -0.25) is 9.59 Å². The van der Waals surface area contributed by atoms with E-state index >= 15 is 0 Å². The molecule has 0 aliphatic carbocycles. The van der Waals surface area contributed by atoms with Crippen LogP contribution in [0.2, 0.25) is 0 Å². The van der Waals surface area contributed by atoms with E-state index in [1.807, 2.05) is 0 Å². The van der Waals surface area contributed by atoms with Crippen LogP contribution in [-0.2, 0) is 11.2 Å². The molecule has 1 amide bonds. The number of carbonyl (C=O) groups is 2. The van der Waals surface area contributed by atoms with Crippen molar-refractivity contribution in [2.75, 3.05) is 23.1 Å². The predicted octanol–water partition coefficient (Wildman–Crippen LogP) is 1.99. The summed E-state index contributed by atoms with van der Waals surface area (Å²) in [6.45, 7) is 2.23. The van der Waals surface area contributed by atoms with Crippen LogP contribution in [-0.4, -0.2) is 24.1 Å². The molecule has 5 heteroatoms. The fourth-order valence-electron chi connectivity index (χ4n) is 2.29. The summed E-state index contributed by atoms with van der Waals surface area (Å²) in [7, 11) is 0. The molecule has 1 aliphatic rings. The molecule has 0 bridgehead atoms. The molecule has 0 saturated carbocycles. The zero-order chi connectivity index (χ0) is 13.3. The molecule has 96 valence electrons. The first-order valence-electron chi connectivity index (χ1n) is 5.84. The van der Waals surface area contributed by atoms with Gasteiger partial charge in [0, 0.05) is 30.4 Å². The van der Waals surface area contributed by atoms with Crippen LogP contribution in [0, 0.1) is 0 Å². The van der Waals surface area contributed by atoms with Gasteiger partial charge >= 0.3 is 0 Å². The van der Waals surface area contributed by atoms with Gasteiger partial charge < -0.3 is 10.6 Å². The summed E-state index contributed by atoms with van der Waals surface area (Å²) >= 11 is 5.55. The predicted molar refractivity (Wildman–Crippen MR) is 72.3 cm³/mol. The monoisotopic (exact) mass is 266 g/mol. The zero-order valence-electron chi connectivity index (χ0n) is 10.2. The smallest absolute Gasteiger partial charge is 0.223 e. The average Bonchev–Trinajstić information content (AvgIpc) is 2.36. The van der Waals surface area contributed by atoms with Crippen molar-refractivity contribution < 1.29 is 9.59 Å². The number of ketones is 1. The Morgan fingerprint density at radius 1 is 1.44 bits per heavy atom. The largest absolute Gasteiger partial charge is 0.398 e. The van der Waals surface area contributed by atoms with E-state index in [1.54, 1.807) is 17.0 Å². The Labute approximate surface area is 111 Å². The van der Waals surface area contributed by atoms with Gasteiger partial charge in [-0.1, -0.05) is 0 Å². The maximum absolute atomic E-state index is 11.6. The van der Waals surface area contributed by atoms with E-state index in [-0.39, 0.29) is 17.6 Å². The first-order chi connectivity index (χ1) is 8.54. The standard InChI is InChI=1S/C13H15ClN2O2/c1-8(17)16-4-2-3-9-5-10(13(18)7-14)11(15)6-12(9)16/h5-6H,2-4,7,15H2,1H3. The molecule has 0 radical (unpaired) electrons. The van der Waals surface area contributed by atoms with Crippen LogP contribution in [0.4, 0.5) is 11.4 Å². The van der Waals surface area contributed by atoms with E-state index in [9.17, 15) is 9.59 Å². The Kier molecular flexibility index (Phi) is 3.57. The SMILES string of the molecule is CC(=O)N1CCCc2cc(C(=O)CCl)c(N)cc21.